The van der Waals surface area contributed by atoms with Gasteiger partial charge in [-0.25, -0.2) is 0 Å². The van der Waals surface area contributed by atoms with Crippen molar-refractivity contribution in [1.82, 2.24) is 4.90 Å². The number of aliphatic hydroxyl groups excluding tert-OH is 2. The highest BCUT2D eigenvalue weighted by molar-refractivity contribution is 5.73. The fourth-order valence-corrected chi connectivity index (χ4v) is 5.69. The molecule has 0 aromatic heterocycles. The normalized spacial score (nSPS) is 16.5. The Labute approximate surface area is 267 Å². The zero-order chi connectivity index (χ0) is 33.2. The van der Waals surface area contributed by atoms with E-state index in [1.54, 1.807) is 6.92 Å². The summed E-state index contributed by atoms with van der Waals surface area (Å²) in [6.45, 7) is 30.1. The quantitative estimate of drug-likeness (QED) is 0.139. The van der Waals surface area contributed by atoms with Gasteiger partial charge in [-0.1, -0.05) is 117 Å². The van der Waals surface area contributed by atoms with E-state index in [9.17, 15) is 5.11 Å². The van der Waals surface area contributed by atoms with Gasteiger partial charge in [-0.15, -0.1) is 0 Å². The van der Waals surface area contributed by atoms with E-state index in [0.717, 1.165) is 31.5 Å². The summed E-state index contributed by atoms with van der Waals surface area (Å²) in [6, 6.07) is 7.29. The van der Waals surface area contributed by atoms with Gasteiger partial charge in [0, 0.05) is 25.2 Å². The van der Waals surface area contributed by atoms with E-state index in [1.165, 1.54) is 60.8 Å². The Kier molecular flexibility index (Phi) is 20.2. The molecule has 0 heterocycles. The second kappa shape index (κ2) is 21.1. The first-order chi connectivity index (χ1) is 20.2. The first kappa shape index (κ1) is 41.3. The van der Waals surface area contributed by atoms with Crippen LogP contribution in [0.3, 0.4) is 0 Å². The van der Waals surface area contributed by atoms with E-state index >= 15 is 0 Å². The number of hydrogen-bond acceptors (Lipinski definition) is 4. The third kappa shape index (κ3) is 14.7. The van der Waals surface area contributed by atoms with Crippen molar-refractivity contribution in [2.75, 3.05) is 19.7 Å². The molecule has 4 N–H and O–H groups in total. The first-order valence-corrected chi connectivity index (χ1v) is 17.1. The molecule has 1 aromatic carbocycles. The number of unbranched alkanes of at least 4 members (excludes halogenated alkanes) is 1. The van der Waals surface area contributed by atoms with Crippen LogP contribution in [0.1, 0.15) is 144 Å². The molecule has 1 aliphatic carbocycles. The topological polar surface area (TPSA) is 69.7 Å². The summed E-state index contributed by atoms with van der Waals surface area (Å²) in [6.07, 6.45) is 14.9. The van der Waals surface area contributed by atoms with Crippen molar-refractivity contribution in [2.24, 2.45) is 5.73 Å². The van der Waals surface area contributed by atoms with Crippen LogP contribution in [-0.4, -0.2) is 53.0 Å². The van der Waals surface area contributed by atoms with Gasteiger partial charge in [0.2, 0.25) is 0 Å². The molecule has 4 heteroatoms. The Morgan fingerprint density at radius 1 is 1.00 bits per heavy atom. The second-order valence-corrected chi connectivity index (χ2v) is 13.7. The number of fused-ring (bicyclic) bond motifs is 1. The van der Waals surface area contributed by atoms with Gasteiger partial charge in [-0.3, -0.25) is 4.90 Å². The highest BCUT2D eigenvalue weighted by Crippen LogP contribution is 2.46. The molecule has 0 saturated carbocycles. The van der Waals surface area contributed by atoms with Crippen LogP contribution in [0.15, 0.2) is 48.6 Å². The van der Waals surface area contributed by atoms with E-state index < -0.39 is 6.10 Å². The van der Waals surface area contributed by atoms with Crippen molar-refractivity contribution >= 4 is 5.57 Å². The molecular formula is C39H70N2O2. The van der Waals surface area contributed by atoms with Crippen LogP contribution in [0.4, 0.5) is 0 Å². The standard InChI is InChI=1S/C22H30.C15H34N2O2.C2H6/c1-16(2)9-8-10-17(3)18-11-12-19-20(15-18)22(6,7)14-13-21(19,4)5;1-4-8-14(9-5-2)17(10-6-7-11-18)12-15(16)13(3)19;1-2/h8-12,15H,3,13-14H2,1-2,4-7H3;13-15,18-19H,4-12,16H2,1-3H3;1-2H3/b10-8-;;. The van der Waals surface area contributed by atoms with Gasteiger partial charge >= 0.3 is 0 Å². The summed E-state index contributed by atoms with van der Waals surface area (Å²) in [5.41, 5.74) is 13.2. The van der Waals surface area contributed by atoms with Crippen LogP contribution < -0.4 is 5.73 Å². The smallest absolute Gasteiger partial charge is 0.0675 e. The summed E-state index contributed by atoms with van der Waals surface area (Å²) >= 11 is 0. The lowest BCUT2D eigenvalue weighted by atomic mass is 9.63. The Balaban J connectivity index is 0.000000785. The number of allylic oxidation sites excluding steroid dienone is 5. The number of benzene rings is 1. The Bertz CT molecular complexity index is 963. The Morgan fingerprint density at radius 3 is 2.05 bits per heavy atom. The molecule has 0 aliphatic heterocycles. The predicted octanol–water partition coefficient (Wildman–Crippen LogP) is 9.34. The van der Waals surface area contributed by atoms with Gasteiger partial charge in [0.1, 0.15) is 0 Å². The largest absolute Gasteiger partial charge is 0.396 e. The highest BCUT2D eigenvalue weighted by atomic mass is 16.3. The van der Waals surface area contributed by atoms with E-state index in [2.05, 4.69) is 103 Å². The fourth-order valence-electron chi connectivity index (χ4n) is 5.69. The lowest BCUT2D eigenvalue weighted by Crippen LogP contribution is -2.48. The van der Waals surface area contributed by atoms with Gasteiger partial charge in [-0.2, -0.15) is 0 Å². The maximum Gasteiger partial charge on any atom is 0.0675 e. The average molecular weight is 599 g/mol. The summed E-state index contributed by atoms with van der Waals surface area (Å²) < 4.78 is 0. The van der Waals surface area contributed by atoms with Crippen LogP contribution in [0, 0.1) is 0 Å². The Hall–Kier alpha value is -1.72. The Morgan fingerprint density at radius 2 is 1.56 bits per heavy atom. The summed E-state index contributed by atoms with van der Waals surface area (Å²) in [5.74, 6) is 0. The van der Waals surface area contributed by atoms with Crippen LogP contribution in [-0.2, 0) is 10.8 Å². The number of aliphatic hydroxyl groups is 2. The molecule has 0 radical (unpaired) electrons. The molecule has 248 valence electrons. The molecule has 2 rings (SSSR count). The highest BCUT2D eigenvalue weighted by Gasteiger charge is 2.36. The van der Waals surface area contributed by atoms with Gasteiger partial charge < -0.3 is 15.9 Å². The summed E-state index contributed by atoms with van der Waals surface area (Å²) in [4.78, 5) is 2.42. The van der Waals surface area contributed by atoms with Crippen LogP contribution in [0.5, 0.6) is 0 Å². The maximum atomic E-state index is 9.59. The molecule has 0 bridgehead atoms. The molecule has 2 unspecified atom stereocenters. The molecule has 1 aromatic rings. The number of hydrogen-bond donors (Lipinski definition) is 3. The van der Waals surface area contributed by atoms with Crippen molar-refractivity contribution < 1.29 is 10.2 Å². The molecule has 1 aliphatic rings. The molecule has 4 nitrogen and oxygen atoms in total. The molecule has 0 spiro atoms. The van der Waals surface area contributed by atoms with Gasteiger partial charge in [-0.05, 0) is 98.9 Å². The predicted molar refractivity (Wildman–Crippen MR) is 192 cm³/mol. The van der Waals surface area contributed by atoms with E-state index in [1.807, 2.05) is 13.8 Å². The molecule has 2 atom stereocenters. The molecule has 43 heavy (non-hydrogen) atoms. The van der Waals surface area contributed by atoms with Crippen molar-refractivity contribution in [2.45, 2.75) is 157 Å². The fraction of sp³-hybridized carbons (Fsp3) is 0.692. The molecular weight excluding hydrogens is 528 g/mol. The lowest BCUT2D eigenvalue weighted by Gasteiger charge is -2.42. The number of nitrogens with two attached hydrogens (primary N) is 1. The lowest BCUT2D eigenvalue weighted by molar-refractivity contribution is 0.103. The number of rotatable bonds is 15. The zero-order valence-corrected chi connectivity index (χ0v) is 30.1. The van der Waals surface area contributed by atoms with Crippen LogP contribution in [0.25, 0.3) is 5.57 Å². The zero-order valence-electron chi connectivity index (χ0n) is 30.1. The minimum absolute atomic E-state index is 0.190. The van der Waals surface area contributed by atoms with E-state index in [0.29, 0.717) is 6.04 Å². The molecule has 0 amide bonds. The van der Waals surface area contributed by atoms with Gasteiger partial charge in [0.05, 0.1) is 6.10 Å². The SMILES string of the molecule is C=C(/C=C\C=C(C)C)c1ccc2c(c1)C(C)(C)CCC2(C)C.CC.CCCC(CCC)N(CCCCO)CC(N)C(C)O. The minimum Gasteiger partial charge on any atom is -0.396 e. The van der Waals surface area contributed by atoms with E-state index in [4.69, 9.17) is 10.8 Å². The number of nitrogens with zero attached hydrogens (tertiary/aromatic N) is 1. The monoisotopic (exact) mass is 599 g/mol. The third-order valence-corrected chi connectivity index (χ3v) is 8.63. The van der Waals surface area contributed by atoms with Crippen LogP contribution >= 0.6 is 0 Å². The molecule has 0 fully saturated rings. The second-order valence-electron chi connectivity index (χ2n) is 13.7. The first-order valence-electron chi connectivity index (χ1n) is 17.1. The summed E-state index contributed by atoms with van der Waals surface area (Å²) in [5, 5.41) is 18.5. The van der Waals surface area contributed by atoms with E-state index in [-0.39, 0.29) is 23.5 Å². The van der Waals surface area contributed by atoms with Crippen molar-refractivity contribution in [3.05, 3.63) is 65.3 Å². The van der Waals surface area contributed by atoms with Gasteiger partial charge in [0.15, 0.2) is 0 Å². The maximum absolute atomic E-state index is 9.59. The van der Waals surface area contributed by atoms with Crippen LogP contribution in [0.2, 0.25) is 0 Å². The van der Waals surface area contributed by atoms with Gasteiger partial charge in [0.25, 0.3) is 0 Å². The van der Waals surface area contributed by atoms with Crippen molar-refractivity contribution in [1.29, 1.82) is 0 Å². The third-order valence-electron chi connectivity index (χ3n) is 8.63. The van der Waals surface area contributed by atoms with Crippen molar-refractivity contribution in [3.8, 4) is 0 Å². The summed E-state index contributed by atoms with van der Waals surface area (Å²) in [7, 11) is 0. The average Bonchev–Trinajstić information content (AvgIpc) is 2.96. The minimum atomic E-state index is -0.468. The molecule has 0 saturated heterocycles. The van der Waals surface area contributed by atoms with Crippen molar-refractivity contribution in [3.63, 3.8) is 0 Å².